The van der Waals surface area contributed by atoms with Crippen LogP contribution >= 0.6 is 0 Å². The number of nitrogens with zero attached hydrogens (tertiary/aromatic N) is 2. The van der Waals surface area contributed by atoms with Crippen LogP contribution in [0.1, 0.15) is 138 Å². The van der Waals surface area contributed by atoms with Crippen LogP contribution in [0.25, 0.3) is 11.1 Å². The number of hydrogen-bond donors (Lipinski definition) is 0. The van der Waals surface area contributed by atoms with E-state index in [4.69, 9.17) is 0 Å². The first-order valence-corrected chi connectivity index (χ1v) is 16.7. The summed E-state index contributed by atoms with van der Waals surface area (Å²) in [6.07, 6.45) is 4.69. The van der Waals surface area contributed by atoms with Crippen molar-refractivity contribution < 1.29 is 0 Å². The second kappa shape index (κ2) is 11.3. The lowest BCUT2D eigenvalue weighted by Crippen LogP contribution is -2.33. The summed E-state index contributed by atoms with van der Waals surface area (Å²) in [7, 11) is 0. The van der Waals surface area contributed by atoms with E-state index in [9.17, 15) is 0 Å². The van der Waals surface area contributed by atoms with Gasteiger partial charge in [-0.1, -0.05) is 142 Å². The highest BCUT2D eigenvalue weighted by Gasteiger charge is 2.39. The van der Waals surface area contributed by atoms with Crippen LogP contribution in [0.15, 0.2) is 91.3 Å². The minimum atomic E-state index is -0.0120. The summed E-state index contributed by atoms with van der Waals surface area (Å²) in [4.78, 5) is 5.17. The zero-order valence-electron chi connectivity index (χ0n) is 28.4. The molecule has 4 aromatic carbocycles. The van der Waals surface area contributed by atoms with E-state index < -0.39 is 0 Å². The van der Waals surface area contributed by atoms with Gasteiger partial charge in [0, 0.05) is 29.2 Å². The third kappa shape index (κ3) is 4.78. The molecule has 0 N–H and O–H groups in total. The number of hydrogen-bond acceptors (Lipinski definition) is 2. The van der Waals surface area contributed by atoms with Gasteiger partial charge < -0.3 is 9.80 Å². The molecule has 0 bridgehead atoms. The normalized spacial score (nSPS) is 15.8. The molecular formula is C42H50N2. The molecule has 4 aromatic rings. The van der Waals surface area contributed by atoms with Crippen LogP contribution in [-0.2, 0) is 5.41 Å². The Morgan fingerprint density at radius 2 is 0.932 bits per heavy atom. The number of para-hydroxylation sites is 2. The molecule has 0 aromatic heterocycles. The number of rotatable bonds is 7. The van der Waals surface area contributed by atoms with Crippen LogP contribution in [0.5, 0.6) is 0 Å². The van der Waals surface area contributed by atoms with E-state index in [1.807, 2.05) is 0 Å². The molecule has 6 rings (SSSR count). The van der Waals surface area contributed by atoms with Crippen LogP contribution < -0.4 is 9.80 Å². The van der Waals surface area contributed by atoms with Gasteiger partial charge in [0.2, 0.25) is 0 Å². The summed E-state index contributed by atoms with van der Waals surface area (Å²) < 4.78 is 0. The first-order chi connectivity index (χ1) is 20.9. The maximum Gasteiger partial charge on any atom is 0.136 e. The summed E-state index contributed by atoms with van der Waals surface area (Å²) in [6.45, 7) is 23.4. The molecule has 0 spiro atoms. The van der Waals surface area contributed by atoms with E-state index in [-0.39, 0.29) is 11.6 Å². The molecule has 1 aliphatic carbocycles. The SMILES string of the molecule is CC(C)c1cccc(C(C)C)c1N1C=CN(c2c(C(C)C)cccc2C(C)C)C1c1ccc2c(c1)-c1ccccc1C2(C)C. The number of anilines is 2. The fraction of sp³-hybridized carbons (Fsp3) is 0.381. The Bertz CT molecular complexity index is 1590. The van der Waals surface area contributed by atoms with Crippen LogP contribution in [-0.4, -0.2) is 0 Å². The molecule has 228 valence electrons. The Kier molecular flexibility index (Phi) is 7.77. The number of benzene rings is 4. The predicted octanol–water partition coefficient (Wildman–Crippen LogP) is 12.0. The molecule has 2 nitrogen and oxygen atoms in total. The average molecular weight is 583 g/mol. The van der Waals surface area contributed by atoms with E-state index in [1.165, 1.54) is 61.4 Å². The summed E-state index contributed by atoms with van der Waals surface area (Å²) in [6, 6.07) is 30.2. The average Bonchev–Trinajstić information content (AvgIpc) is 3.53. The van der Waals surface area contributed by atoms with Crippen LogP contribution in [0.2, 0.25) is 0 Å². The molecule has 2 aliphatic rings. The zero-order valence-corrected chi connectivity index (χ0v) is 28.4. The lowest BCUT2D eigenvalue weighted by atomic mass is 9.82. The first kappa shape index (κ1) is 30.3. The van der Waals surface area contributed by atoms with Gasteiger partial charge in [0.1, 0.15) is 6.17 Å². The maximum atomic E-state index is 2.58. The van der Waals surface area contributed by atoms with E-state index in [1.54, 1.807) is 0 Å². The minimum absolute atomic E-state index is 0.00836. The summed E-state index contributed by atoms with van der Waals surface area (Å²) in [5, 5.41) is 0. The van der Waals surface area contributed by atoms with E-state index >= 15 is 0 Å². The van der Waals surface area contributed by atoms with Crippen molar-refractivity contribution in [2.75, 3.05) is 9.80 Å². The smallest absolute Gasteiger partial charge is 0.136 e. The van der Waals surface area contributed by atoms with Gasteiger partial charge in [-0.05, 0) is 79.8 Å². The summed E-state index contributed by atoms with van der Waals surface area (Å²) >= 11 is 0. The van der Waals surface area contributed by atoms with Gasteiger partial charge in [0.25, 0.3) is 0 Å². The molecular weight excluding hydrogens is 532 g/mol. The van der Waals surface area contributed by atoms with Crippen molar-refractivity contribution in [3.8, 4) is 11.1 Å². The van der Waals surface area contributed by atoms with Crippen molar-refractivity contribution >= 4 is 11.4 Å². The summed E-state index contributed by atoms with van der Waals surface area (Å²) in [5.74, 6) is 1.64. The zero-order chi connectivity index (χ0) is 31.5. The molecule has 0 saturated carbocycles. The van der Waals surface area contributed by atoms with Crippen molar-refractivity contribution in [1.82, 2.24) is 0 Å². The second-order valence-electron chi connectivity index (χ2n) is 14.7. The molecule has 1 heterocycles. The third-order valence-electron chi connectivity index (χ3n) is 10.0. The van der Waals surface area contributed by atoms with Gasteiger partial charge in [-0.2, -0.15) is 0 Å². The van der Waals surface area contributed by atoms with Crippen molar-refractivity contribution in [3.63, 3.8) is 0 Å². The number of fused-ring (bicyclic) bond motifs is 3. The predicted molar refractivity (Wildman–Crippen MR) is 190 cm³/mol. The molecule has 2 heteroatoms. The molecule has 0 amide bonds. The lowest BCUT2D eigenvalue weighted by molar-refractivity contribution is 0.658. The van der Waals surface area contributed by atoms with Crippen LogP contribution in [0, 0.1) is 0 Å². The fourth-order valence-electron chi connectivity index (χ4n) is 7.67. The van der Waals surface area contributed by atoms with Gasteiger partial charge in [-0.25, -0.2) is 0 Å². The van der Waals surface area contributed by atoms with Crippen LogP contribution in [0.4, 0.5) is 11.4 Å². The summed E-state index contributed by atoms with van der Waals surface area (Å²) in [5.41, 5.74) is 15.2. The van der Waals surface area contributed by atoms with Gasteiger partial charge in [0.15, 0.2) is 0 Å². The van der Waals surface area contributed by atoms with Gasteiger partial charge in [-0.15, -0.1) is 0 Å². The third-order valence-corrected chi connectivity index (χ3v) is 10.0. The van der Waals surface area contributed by atoms with Gasteiger partial charge in [0.05, 0.1) is 0 Å². The highest BCUT2D eigenvalue weighted by Crippen LogP contribution is 2.52. The van der Waals surface area contributed by atoms with Crippen LogP contribution in [0.3, 0.4) is 0 Å². The Balaban J connectivity index is 1.63. The largest absolute Gasteiger partial charge is 0.321 e. The minimum Gasteiger partial charge on any atom is -0.321 e. The van der Waals surface area contributed by atoms with Gasteiger partial charge in [-0.3, -0.25) is 0 Å². The monoisotopic (exact) mass is 582 g/mol. The molecule has 0 fully saturated rings. The molecule has 0 saturated heterocycles. The Hall–Kier alpha value is -3.78. The molecule has 44 heavy (non-hydrogen) atoms. The van der Waals surface area contributed by atoms with Gasteiger partial charge >= 0.3 is 0 Å². The Morgan fingerprint density at radius 1 is 0.500 bits per heavy atom. The van der Waals surface area contributed by atoms with Crippen molar-refractivity contribution in [3.05, 3.63) is 130 Å². The van der Waals surface area contributed by atoms with Crippen molar-refractivity contribution in [2.24, 2.45) is 0 Å². The van der Waals surface area contributed by atoms with E-state index in [0.29, 0.717) is 23.7 Å². The maximum absolute atomic E-state index is 2.58. The van der Waals surface area contributed by atoms with Crippen molar-refractivity contribution in [2.45, 2.75) is 104 Å². The highest BCUT2D eigenvalue weighted by atomic mass is 15.4. The fourth-order valence-corrected chi connectivity index (χ4v) is 7.67. The second-order valence-corrected chi connectivity index (χ2v) is 14.7. The lowest BCUT2D eigenvalue weighted by Gasteiger charge is -2.38. The van der Waals surface area contributed by atoms with Crippen molar-refractivity contribution in [1.29, 1.82) is 0 Å². The Morgan fingerprint density at radius 3 is 1.39 bits per heavy atom. The topological polar surface area (TPSA) is 6.48 Å². The quantitative estimate of drug-likeness (QED) is 0.214. The van der Waals surface area contributed by atoms with E-state index in [2.05, 4.69) is 170 Å². The molecule has 1 aliphatic heterocycles. The molecule has 0 atom stereocenters. The molecule has 0 radical (unpaired) electrons. The highest BCUT2D eigenvalue weighted by molar-refractivity contribution is 5.82. The molecule has 0 unspecified atom stereocenters. The Labute approximate surface area is 266 Å². The first-order valence-electron chi connectivity index (χ1n) is 16.7. The standard InChI is InChI=1S/C42H50N2/c1-26(2)31-16-13-17-32(27(3)4)39(31)43-23-24-44(40-33(28(5)6)18-14-19-34(40)29(7)8)41(43)30-21-22-38-36(25-30)35-15-11-12-20-37(35)42(38,9)10/h11-29,41H,1-10H3. The van der Waals surface area contributed by atoms with E-state index in [0.717, 1.165) is 0 Å².